The van der Waals surface area contributed by atoms with Crippen LogP contribution in [0.3, 0.4) is 0 Å². The van der Waals surface area contributed by atoms with Gasteiger partial charge in [-0.15, -0.1) is 0 Å². The first-order valence-electron chi connectivity index (χ1n) is 12.7. The van der Waals surface area contributed by atoms with E-state index in [0.29, 0.717) is 11.5 Å². The average Bonchev–Trinajstić information content (AvgIpc) is 2.84. The molecule has 0 aliphatic heterocycles. The molecule has 0 N–H and O–H groups in total. The number of halogens is 2. The minimum Gasteiger partial charge on any atom is -0.423 e. The zero-order valence-corrected chi connectivity index (χ0v) is 19.9. The van der Waals surface area contributed by atoms with Crippen LogP contribution in [0.4, 0.5) is 8.78 Å². The third-order valence-corrected chi connectivity index (χ3v) is 7.89. The summed E-state index contributed by atoms with van der Waals surface area (Å²) in [5, 5.41) is 8.76. The lowest BCUT2D eigenvalue weighted by atomic mass is 9.63. The van der Waals surface area contributed by atoms with Gasteiger partial charge in [-0.2, -0.15) is 5.26 Å². The molecule has 0 aromatic heterocycles. The number of ether oxygens (including phenoxy) is 1. The summed E-state index contributed by atoms with van der Waals surface area (Å²) in [5.41, 5.74) is 0.884. The Hall–Kier alpha value is -2.74. The molecule has 0 spiro atoms. The van der Waals surface area contributed by atoms with Crippen LogP contribution in [0.1, 0.15) is 98.5 Å². The molecule has 1 unspecified atom stereocenters. The molecule has 2 aromatic rings. The summed E-state index contributed by atoms with van der Waals surface area (Å²) in [6, 6.07) is 10.6. The Kier molecular flexibility index (Phi) is 7.98. The second-order valence-corrected chi connectivity index (χ2v) is 10.1. The highest BCUT2D eigenvalue weighted by molar-refractivity contribution is 5.91. The standard InChI is InChI=1S/C29H33F2NO2/c1-2-3-4-5-19-6-7-24-15-23(13-12-22(24)14-19)20-8-10-21(11-9-20)29(33)34-25-16-27(30)26(18-32)28(31)17-25/h8-11,16-17,19,22-24H,2-7,12-15H2,1H3/t19-,22-,23?,24+/m0/s1. The number of carbonyl (C=O) groups is 1. The van der Waals surface area contributed by atoms with Crippen LogP contribution in [0.5, 0.6) is 5.75 Å². The van der Waals surface area contributed by atoms with E-state index in [1.54, 1.807) is 12.1 Å². The predicted octanol–water partition coefficient (Wildman–Crippen LogP) is 7.94. The third kappa shape index (κ3) is 5.66. The van der Waals surface area contributed by atoms with Gasteiger partial charge in [0.15, 0.2) is 0 Å². The van der Waals surface area contributed by atoms with Crippen molar-refractivity contribution in [2.45, 2.75) is 77.0 Å². The number of unbranched alkanes of at least 4 members (excludes halogenated alkanes) is 2. The molecule has 0 amide bonds. The van der Waals surface area contributed by atoms with E-state index in [1.807, 2.05) is 12.1 Å². The second-order valence-electron chi connectivity index (χ2n) is 10.1. The largest absolute Gasteiger partial charge is 0.423 e. The van der Waals surface area contributed by atoms with Crippen molar-refractivity contribution in [3.63, 3.8) is 0 Å². The Morgan fingerprint density at radius 3 is 2.35 bits per heavy atom. The number of hydrogen-bond acceptors (Lipinski definition) is 3. The molecular formula is C29H33F2NO2. The van der Waals surface area contributed by atoms with Crippen molar-refractivity contribution in [3.05, 3.63) is 64.7 Å². The molecule has 4 rings (SSSR count). The van der Waals surface area contributed by atoms with Gasteiger partial charge < -0.3 is 4.74 Å². The smallest absolute Gasteiger partial charge is 0.343 e. The van der Waals surface area contributed by atoms with Crippen molar-refractivity contribution in [2.24, 2.45) is 17.8 Å². The van der Waals surface area contributed by atoms with Crippen molar-refractivity contribution in [2.75, 3.05) is 0 Å². The molecule has 34 heavy (non-hydrogen) atoms. The lowest BCUT2D eigenvalue weighted by Gasteiger charge is -2.42. The van der Waals surface area contributed by atoms with Crippen molar-refractivity contribution in [3.8, 4) is 11.8 Å². The molecule has 2 saturated carbocycles. The van der Waals surface area contributed by atoms with Crippen LogP contribution < -0.4 is 4.74 Å². The molecule has 3 nitrogen and oxygen atoms in total. The van der Waals surface area contributed by atoms with Crippen LogP contribution in [0, 0.1) is 40.7 Å². The van der Waals surface area contributed by atoms with Gasteiger partial charge in [-0.05, 0) is 73.5 Å². The van der Waals surface area contributed by atoms with Crippen LogP contribution in [0.25, 0.3) is 0 Å². The second kappa shape index (κ2) is 11.1. The number of rotatable bonds is 7. The first-order valence-corrected chi connectivity index (χ1v) is 12.7. The Labute approximate surface area is 201 Å². The van der Waals surface area contributed by atoms with Gasteiger partial charge in [0.2, 0.25) is 0 Å². The van der Waals surface area contributed by atoms with E-state index in [2.05, 4.69) is 6.92 Å². The SMILES string of the molecule is CCCCC[C@H]1CC[C@@H]2CC(c3ccc(C(=O)Oc4cc(F)c(C#N)c(F)c4)cc3)CC[C@H]2C1. The molecule has 2 aliphatic rings. The van der Waals surface area contributed by atoms with E-state index in [9.17, 15) is 13.6 Å². The summed E-state index contributed by atoms with van der Waals surface area (Å²) in [6.45, 7) is 2.27. The van der Waals surface area contributed by atoms with Crippen LogP contribution in [-0.4, -0.2) is 5.97 Å². The van der Waals surface area contributed by atoms with Crippen molar-refractivity contribution < 1.29 is 18.3 Å². The molecule has 180 valence electrons. The van der Waals surface area contributed by atoms with Crippen LogP contribution >= 0.6 is 0 Å². The lowest BCUT2D eigenvalue weighted by molar-refractivity contribution is 0.0734. The number of esters is 1. The summed E-state index contributed by atoms with van der Waals surface area (Å²) >= 11 is 0. The zero-order valence-electron chi connectivity index (χ0n) is 19.9. The number of benzene rings is 2. The topological polar surface area (TPSA) is 50.1 Å². The molecule has 0 bridgehead atoms. The molecule has 2 aliphatic carbocycles. The van der Waals surface area contributed by atoms with Crippen molar-refractivity contribution in [1.82, 2.24) is 0 Å². The third-order valence-electron chi connectivity index (χ3n) is 7.89. The zero-order chi connectivity index (χ0) is 24.1. The molecule has 5 heteroatoms. The summed E-state index contributed by atoms with van der Waals surface area (Å²) in [5.74, 6) is 0.0906. The quantitative estimate of drug-likeness (QED) is 0.237. The highest BCUT2D eigenvalue weighted by atomic mass is 19.1. The number of nitrogens with zero attached hydrogens (tertiary/aromatic N) is 1. The Morgan fingerprint density at radius 1 is 1.00 bits per heavy atom. The molecule has 2 fully saturated rings. The number of nitriles is 1. The first-order chi connectivity index (χ1) is 16.5. The van der Waals surface area contributed by atoms with E-state index >= 15 is 0 Å². The van der Waals surface area contributed by atoms with Crippen LogP contribution in [-0.2, 0) is 0 Å². The van der Waals surface area contributed by atoms with E-state index in [1.165, 1.54) is 75.8 Å². The summed E-state index contributed by atoms with van der Waals surface area (Å²) in [4.78, 5) is 12.5. The monoisotopic (exact) mass is 465 g/mol. The summed E-state index contributed by atoms with van der Waals surface area (Å²) in [6.07, 6.45) is 13.3. The lowest BCUT2D eigenvalue weighted by Crippen LogP contribution is -2.30. The van der Waals surface area contributed by atoms with Gasteiger partial charge in [0, 0.05) is 12.1 Å². The molecule has 2 aromatic carbocycles. The minimum atomic E-state index is -1.05. The van der Waals surface area contributed by atoms with Gasteiger partial charge in [-0.1, -0.05) is 51.2 Å². The minimum absolute atomic E-state index is 0.258. The molecule has 0 radical (unpaired) electrons. The van der Waals surface area contributed by atoms with Crippen molar-refractivity contribution >= 4 is 5.97 Å². The fourth-order valence-electron chi connectivity index (χ4n) is 6.01. The van der Waals surface area contributed by atoms with Gasteiger partial charge in [0.1, 0.15) is 29.0 Å². The van der Waals surface area contributed by atoms with Gasteiger partial charge in [-0.3, -0.25) is 0 Å². The van der Waals surface area contributed by atoms with Gasteiger partial charge in [0.05, 0.1) is 5.56 Å². The fraction of sp³-hybridized carbons (Fsp3) is 0.517. The maximum atomic E-state index is 13.8. The fourth-order valence-corrected chi connectivity index (χ4v) is 6.01. The molecular weight excluding hydrogens is 432 g/mol. The van der Waals surface area contributed by atoms with E-state index in [-0.39, 0.29) is 5.75 Å². The predicted molar refractivity (Wildman–Crippen MR) is 128 cm³/mol. The van der Waals surface area contributed by atoms with Gasteiger partial charge >= 0.3 is 5.97 Å². The van der Waals surface area contributed by atoms with Crippen LogP contribution in [0.15, 0.2) is 36.4 Å². The summed E-state index contributed by atoms with van der Waals surface area (Å²) in [7, 11) is 0. The first kappa shape index (κ1) is 24.4. The Bertz CT molecular complexity index is 1020. The molecule has 4 atom stereocenters. The Morgan fingerprint density at radius 2 is 1.68 bits per heavy atom. The normalized spacial score (nSPS) is 24.2. The van der Waals surface area contributed by atoms with Gasteiger partial charge in [-0.25, -0.2) is 13.6 Å². The molecule has 0 saturated heterocycles. The van der Waals surface area contributed by atoms with Gasteiger partial charge in [0.25, 0.3) is 0 Å². The van der Waals surface area contributed by atoms with E-state index in [0.717, 1.165) is 29.9 Å². The maximum absolute atomic E-state index is 13.8. The molecule has 0 heterocycles. The van der Waals surface area contributed by atoms with E-state index < -0.39 is 23.2 Å². The summed E-state index contributed by atoms with van der Waals surface area (Å²) < 4.78 is 32.7. The number of carbonyl (C=O) groups excluding carboxylic acids is 1. The number of hydrogen-bond donors (Lipinski definition) is 0. The maximum Gasteiger partial charge on any atom is 0.343 e. The van der Waals surface area contributed by atoms with Crippen LogP contribution in [0.2, 0.25) is 0 Å². The average molecular weight is 466 g/mol. The highest BCUT2D eigenvalue weighted by Gasteiger charge is 2.35. The number of fused-ring (bicyclic) bond motifs is 1. The van der Waals surface area contributed by atoms with E-state index in [4.69, 9.17) is 10.00 Å². The van der Waals surface area contributed by atoms with Crippen molar-refractivity contribution in [1.29, 1.82) is 5.26 Å². The highest BCUT2D eigenvalue weighted by Crippen LogP contribution is 2.48. The Balaban J connectivity index is 1.33.